The van der Waals surface area contributed by atoms with Crippen molar-refractivity contribution in [2.75, 3.05) is 13.1 Å². The lowest BCUT2D eigenvalue weighted by Crippen LogP contribution is -2.39. The number of nitro benzene ring substituents is 1. The van der Waals surface area contributed by atoms with E-state index in [9.17, 15) is 28.9 Å². The Hall–Kier alpha value is -3.04. The second kappa shape index (κ2) is 6.93. The zero-order valence-corrected chi connectivity index (χ0v) is 10.5. The zero-order chi connectivity index (χ0) is 16.0. The first-order valence-corrected chi connectivity index (χ1v) is 5.52. The van der Waals surface area contributed by atoms with Gasteiger partial charge >= 0.3 is 11.7 Å². The van der Waals surface area contributed by atoms with Crippen molar-refractivity contribution in [2.45, 2.75) is 0 Å². The van der Waals surface area contributed by atoms with Crippen LogP contribution in [0.3, 0.4) is 0 Å². The molecule has 1 rings (SSSR count). The van der Waals surface area contributed by atoms with Gasteiger partial charge in [-0.3, -0.25) is 24.5 Å². The molecule has 0 radical (unpaired) electrons. The van der Waals surface area contributed by atoms with Crippen molar-refractivity contribution in [1.82, 2.24) is 10.6 Å². The number of carbonyl (C=O) groups excluding carboxylic acids is 2. The molecule has 0 saturated heterocycles. The van der Waals surface area contributed by atoms with Gasteiger partial charge in [-0.15, -0.1) is 0 Å². The molecule has 0 bridgehead atoms. The number of hydrogen-bond acceptors (Lipinski definition) is 5. The molecule has 1 aromatic carbocycles. The summed E-state index contributed by atoms with van der Waals surface area (Å²) in [7, 11) is 0. The summed E-state index contributed by atoms with van der Waals surface area (Å²) < 4.78 is 13.3. The molecule has 112 valence electrons. The monoisotopic (exact) mass is 299 g/mol. The van der Waals surface area contributed by atoms with Crippen molar-refractivity contribution in [3.63, 3.8) is 0 Å². The first-order chi connectivity index (χ1) is 9.81. The van der Waals surface area contributed by atoms with E-state index in [1.54, 1.807) is 0 Å². The SMILES string of the molecule is O=C(O)CNC(=O)CNC(=O)c1ccc([N+](=O)[O-])c(F)c1. The molecule has 0 fully saturated rings. The number of aliphatic carboxylic acids is 1. The lowest BCUT2D eigenvalue weighted by Gasteiger charge is -2.05. The highest BCUT2D eigenvalue weighted by Crippen LogP contribution is 2.17. The summed E-state index contributed by atoms with van der Waals surface area (Å²) >= 11 is 0. The molecular weight excluding hydrogens is 289 g/mol. The minimum Gasteiger partial charge on any atom is -0.480 e. The van der Waals surface area contributed by atoms with Crippen LogP contribution in [0.25, 0.3) is 0 Å². The Kier molecular flexibility index (Phi) is 5.29. The second-order valence-corrected chi connectivity index (χ2v) is 3.78. The number of amides is 2. The maximum Gasteiger partial charge on any atom is 0.322 e. The minimum atomic E-state index is -1.24. The molecule has 0 spiro atoms. The summed E-state index contributed by atoms with van der Waals surface area (Å²) in [5.41, 5.74) is -0.977. The summed E-state index contributed by atoms with van der Waals surface area (Å²) in [6.45, 7) is -1.11. The molecule has 0 saturated carbocycles. The Labute approximate surface area is 116 Å². The fourth-order valence-corrected chi connectivity index (χ4v) is 1.30. The molecule has 10 heteroatoms. The normalized spacial score (nSPS) is 9.76. The van der Waals surface area contributed by atoms with E-state index in [0.717, 1.165) is 12.1 Å². The Balaban J connectivity index is 2.60. The van der Waals surface area contributed by atoms with Gasteiger partial charge in [0, 0.05) is 11.6 Å². The second-order valence-electron chi connectivity index (χ2n) is 3.78. The van der Waals surface area contributed by atoms with Crippen LogP contribution in [0.2, 0.25) is 0 Å². The van der Waals surface area contributed by atoms with E-state index >= 15 is 0 Å². The number of halogens is 1. The molecule has 1 aromatic rings. The number of hydrogen-bond donors (Lipinski definition) is 3. The van der Waals surface area contributed by atoms with E-state index in [1.165, 1.54) is 0 Å². The van der Waals surface area contributed by atoms with Crippen LogP contribution in [-0.2, 0) is 9.59 Å². The average Bonchev–Trinajstić information content (AvgIpc) is 2.41. The van der Waals surface area contributed by atoms with Crippen LogP contribution in [0.15, 0.2) is 18.2 Å². The van der Waals surface area contributed by atoms with Crippen LogP contribution >= 0.6 is 0 Å². The number of nitrogens with one attached hydrogen (secondary N) is 2. The number of rotatable bonds is 6. The van der Waals surface area contributed by atoms with Gasteiger partial charge < -0.3 is 15.7 Å². The van der Waals surface area contributed by atoms with Gasteiger partial charge in [-0.25, -0.2) is 0 Å². The molecule has 0 aromatic heterocycles. The number of nitro groups is 1. The molecule has 9 nitrogen and oxygen atoms in total. The topological polar surface area (TPSA) is 139 Å². The van der Waals surface area contributed by atoms with Gasteiger partial charge in [0.05, 0.1) is 11.5 Å². The Bertz CT molecular complexity index is 604. The summed E-state index contributed by atoms with van der Waals surface area (Å²) in [6.07, 6.45) is 0. The van der Waals surface area contributed by atoms with E-state index < -0.39 is 47.3 Å². The molecular formula is C11H10FN3O6. The predicted molar refractivity (Wildman–Crippen MR) is 66.0 cm³/mol. The van der Waals surface area contributed by atoms with Gasteiger partial charge in [0.25, 0.3) is 5.91 Å². The first kappa shape index (κ1) is 16.0. The molecule has 0 atom stereocenters. The third-order valence-electron chi connectivity index (χ3n) is 2.25. The third kappa shape index (κ3) is 4.86. The average molecular weight is 299 g/mol. The number of nitrogens with zero attached hydrogens (tertiary/aromatic N) is 1. The van der Waals surface area contributed by atoms with E-state index in [-0.39, 0.29) is 5.56 Å². The molecule has 0 unspecified atom stereocenters. The smallest absolute Gasteiger partial charge is 0.322 e. The van der Waals surface area contributed by atoms with Crippen molar-refractivity contribution in [1.29, 1.82) is 0 Å². The standard InChI is InChI=1S/C11H10FN3O6/c12-7-3-6(1-2-8(7)15(20)21)11(19)14-4-9(16)13-5-10(17)18/h1-3H,4-5H2,(H,13,16)(H,14,19)(H,17,18). The highest BCUT2D eigenvalue weighted by molar-refractivity contribution is 5.96. The van der Waals surface area contributed by atoms with Gasteiger partial charge in [-0.2, -0.15) is 4.39 Å². The summed E-state index contributed by atoms with van der Waals surface area (Å²) in [6, 6.07) is 2.53. The molecule has 0 aliphatic heterocycles. The fraction of sp³-hybridized carbons (Fsp3) is 0.182. The quantitative estimate of drug-likeness (QED) is 0.485. The maximum absolute atomic E-state index is 13.3. The number of carboxylic acids is 1. The number of benzene rings is 1. The highest BCUT2D eigenvalue weighted by Gasteiger charge is 2.17. The van der Waals surface area contributed by atoms with Gasteiger partial charge in [0.1, 0.15) is 6.54 Å². The van der Waals surface area contributed by atoms with Crippen molar-refractivity contribution in [3.05, 3.63) is 39.7 Å². The summed E-state index contributed by atoms with van der Waals surface area (Å²) in [4.78, 5) is 42.4. The summed E-state index contributed by atoms with van der Waals surface area (Å²) in [5.74, 6) is -3.99. The molecule has 0 heterocycles. The van der Waals surface area contributed by atoms with E-state index in [0.29, 0.717) is 6.07 Å². The van der Waals surface area contributed by atoms with E-state index in [2.05, 4.69) is 5.32 Å². The van der Waals surface area contributed by atoms with Crippen LogP contribution in [-0.4, -0.2) is 40.9 Å². The minimum absolute atomic E-state index is 0.205. The Morgan fingerprint density at radius 2 is 1.90 bits per heavy atom. The molecule has 0 aliphatic carbocycles. The van der Waals surface area contributed by atoms with Gasteiger partial charge in [0.15, 0.2) is 0 Å². The van der Waals surface area contributed by atoms with Crippen molar-refractivity contribution in [3.8, 4) is 0 Å². The van der Waals surface area contributed by atoms with E-state index in [1.807, 2.05) is 5.32 Å². The van der Waals surface area contributed by atoms with Crippen molar-refractivity contribution in [2.24, 2.45) is 0 Å². The lowest BCUT2D eigenvalue weighted by atomic mass is 10.2. The maximum atomic E-state index is 13.3. The van der Waals surface area contributed by atoms with Crippen LogP contribution < -0.4 is 10.6 Å². The third-order valence-corrected chi connectivity index (χ3v) is 2.25. The van der Waals surface area contributed by atoms with Crippen LogP contribution in [0.1, 0.15) is 10.4 Å². The Morgan fingerprint density at radius 3 is 2.43 bits per heavy atom. The van der Waals surface area contributed by atoms with Crippen molar-refractivity contribution < 1.29 is 28.8 Å². The van der Waals surface area contributed by atoms with Crippen molar-refractivity contribution >= 4 is 23.5 Å². The van der Waals surface area contributed by atoms with Gasteiger partial charge in [0.2, 0.25) is 11.7 Å². The predicted octanol–water partition coefficient (Wildman–Crippen LogP) is -0.336. The summed E-state index contributed by atoms with van der Waals surface area (Å²) in [5, 5.41) is 22.9. The van der Waals surface area contributed by atoms with Gasteiger partial charge in [-0.05, 0) is 12.1 Å². The molecule has 2 amide bonds. The van der Waals surface area contributed by atoms with Gasteiger partial charge in [-0.1, -0.05) is 0 Å². The van der Waals surface area contributed by atoms with Crippen LogP contribution in [0.4, 0.5) is 10.1 Å². The van der Waals surface area contributed by atoms with E-state index in [4.69, 9.17) is 5.11 Å². The number of carbonyl (C=O) groups is 3. The largest absolute Gasteiger partial charge is 0.480 e. The molecule has 0 aliphatic rings. The first-order valence-electron chi connectivity index (χ1n) is 5.52. The lowest BCUT2D eigenvalue weighted by molar-refractivity contribution is -0.387. The number of carboxylic acid groups (broad SMARTS) is 1. The Morgan fingerprint density at radius 1 is 1.24 bits per heavy atom. The molecule has 21 heavy (non-hydrogen) atoms. The zero-order valence-electron chi connectivity index (χ0n) is 10.5. The van der Waals surface area contributed by atoms with Crippen LogP contribution in [0, 0.1) is 15.9 Å². The molecule has 3 N–H and O–H groups in total. The van der Waals surface area contributed by atoms with Crippen LogP contribution in [0.5, 0.6) is 0 Å². The fourth-order valence-electron chi connectivity index (χ4n) is 1.30. The highest BCUT2D eigenvalue weighted by atomic mass is 19.1.